The summed E-state index contributed by atoms with van der Waals surface area (Å²) < 4.78 is 0. The number of hydrogen-bond acceptors (Lipinski definition) is 1. The Morgan fingerprint density at radius 3 is 2.28 bits per heavy atom. The molecule has 0 heterocycles. The first-order valence-electron chi connectivity index (χ1n) is 7.19. The van der Waals surface area contributed by atoms with Crippen molar-refractivity contribution in [3.05, 3.63) is 35.4 Å². The largest absolute Gasteiger partial charge is 0.294 e. The number of benzene rings is 1. The smallest absolute Gasteiger partial charge is 0.166 e. The van der Waals surface area contributed by atoms with Crippen LogP contribution in [0.5, 0.6) is 0 Å². The maximum atomic E-state index is 12.5. The maximum absolute atomic E-state index is 12.5. The van der Waals surface area contributed by atoms with E-state index in [-0.39, 0.29) is 5.92 Å². The second-order valence-electron chi connectivity index (χ2n) is 6.03. The van der Waals surface area contributed by atoms with E-state index in [4.69, 9.17) is 0 Å². The van der Waals surface area contributed by atoms with Gasteiger partial charge in [0, 0.05) is 11.5 Å². The van der Waals surface area contributed by atoms with Crippen LogP contribution in [0.25, 0.3) is 0 Å². The zero-order valence-electron chi connectivity index (χ0n) is 11.8. The predicted octanol–water partition coefficient (Wildman–Crippen LogP) is 4.64. The molecular formula is C17H24O. The highest BCUT2D eigenvalue weighted by molar-refractivity contribution is 5.99. The van der Waals surface area contributed by atoms with Crippen molar-refractivity contribution in [1.29, 1.82) is 0 Å². The molecule has 1 fully saturated rings. The van der Waals surface area contributed by atoms with Crippen molar-refractivity contribution >= 4 is 5.78 Å². The van der Waals surface area contributed by atoms with Gasteiger partial charge in [-0.15, -0.1) is 0 Å². The zero-order chi connectivity index (χ0) is 13.1. The molecule has 1 saturated carbocycles. The summed E-state index contributed by atoms with van der Waals surface area (Å²) >= 11 is 0. The number of aryl methyl sites for hydroxylation is 1. The second kappa shape index (κ2) is 5.69. The molecule has 1 aromatic carbocycles. The fourth-order valence-electron chi connectivity index (χ4n) is 3.12. The van der Waals surface area contributed by atoms with Crippen LogP contribution >= 0.6 is 0 Å². The molecule has 1 aliphatic rings. The van der Waals surface area contributed by atoms with Gasteiger partial charge in [0.05, 0.1) is 0 Å². The minimum Gasteiger partial charge on any atom is -0.294 e. The summed E-state index contributed by atoms with van der Waals surface area (Å²) in [7, 11) is 0. The number of Topliss-reactive ketones (excluding diaryl/α,β-unsaturated/α-hetero) is 1. The Labute approximate surface area is 111 Å². The lowest BCUT2D eigenvalue weighted by atomic mass is 9.74. The monoisotopic (exact) mass is 244 g/mol. The highest BCUT2D eigenvalue weighted by Gasteiger charge is 2.28. The number of carbonyl (C=O) groups excluding carboxylic acids is 1. The third-order valence-corrected chi connectivity index (χ3v) is 4.50. The normalized spacial score (nSPS) is 24.2. The molecule has 2 rings (SSSR count). The van der Waals surface area contributed by atoms with Crippen molar-refractivity contribution in [2.24, 2.45) is 17.8 Å². The van der Waals surface area contributed by atoms with Crippen LogP contribution in [0.2, 0.25) is 0 Å². The number of hydrogen-bond donors (Lipinski definition) is 0. The van der Waals surface area contributed by atoms with Crippen molar-refractivity contribution in [3.8, 4) is 0 Å². The van der Waals surface area contributed by atoms with Crippen LogP contribution in [0.15, 0.2) is 24.3 Å². The molecule has 0 atom stereocenters. The molecule has 1 heteroatoms. The molecule has 1 aliphatic carbocycles. The van der Waals surface area contributed by atoms with Crippen LogP contribution in [0.4, 0.5) is 0 Å². The summed E-state index contributed by atoms with van der Waals surface area (Å²) in [6.07, 6.45) is 4.60. The Morgan fingerprint density at radius 2 is 1.72 bits per heavy atom. The van der Waals surface area contributed by atoms with Gasteiger partial charge in [0.1, 0.15) is 0 Å². The predicted molar refractivity (Wildman–Crippen MR) is 75.8 cm³/mol. The van der Waals surface area contributed by atoms with E-state index in [0.717, 1.165) is 35.8 Å². The Balaban J connectivity index is 2.02. The molecule has 1 nitrogen and oxygen atoms in total. The molecule has 0 bridgehead atoms. The van der Waals surface area contributed by atoms with E-state index in [1.54, 1.807) is 0 Å². The van der Waals surface area contributed by atoms with Crippen LogP contribution in [0.1, 0.15) is 55.5 Å². The standard InChI is InChI=1S/C17H24O/c1-12(2)14-8-10-15(11-9-14)17(18)16-7-5-4-6-13(16)3/h4-7,12,14-15H,8-11H2,1-3H3. The summed E-state index contributed by atoms with van der Waals surface area (Å²) in [5.74, 6) is 2.22. The quantitative estimate of drug-likeness (QED) is 0.708. The highest BCUT2D eigenvalue weighted by Crippen LogP contribution is 2.35. The minimum atomic E-state index is 0.265. The Morgan fingerprint density at radius 1 is 1.11 bits per heavy atom. The van der Waals surface area contributed by atoms with E-state index in [2.05, 4.69) is 13.8 Å². The van der Waals surface area contributed by atoms with Crippen LogP contribution in [-0.4, -0.2) is 5.78 Å². The summed E-state index contributed by atoms with van der Waals surface area (Å²) in [5.41, 5.74) is 2.05. The zero-order valence-corrected chi connectivity index (χ0v) is 11.8. The third-order valence-electron chi connectivity index (χ3n) is 4.50. The van der Waals surface area contributed by atoms with E-state index in [0.29, 0.717) is 5.78 Å². The van der Waals surface area contributed by atoms with E-state index in [9.17, 15) is 4.79 Å². The molecule has 0 N–H and O–H groups in total. The first-order chi connectivity index (χ1) is 8.59. The van der Waals surface area contributed by atoms with Crippen LogP contribution in [0.3, 0.4) is 0 Å². The summed E-state index contributed by atoms with van der Waals surface area (Å²) in [6.45, 7) is 6.63. The molecule has 0 aromatic heterocycles. The molecule has 0 spiro atoms. The van der Waals surface area contributed by atoms with Gasteiger partial charge in [-0.3, -0.25) is 4.79 Å². The molecular weight excluding hydrogens is 220 g/mol. The van der Waals surface area contributed by atoms with Crippen molar-refractivity contribution in [2.75, 3.05) is 0 Å². The van der Waals surface area contributed by atoms with Gasteiger partial charge in [-0.05, 0) is 50.0 Å². The Kier molecular flexibility index (Phi) is 4.21. The van der Waals surface area contributed by atoms with Crippen molar-refractivity contribution in [2.45, 2.75) is 46.5 Å². The van der Waals surface area contributed by atoms with Crippen molar-refractivity contribution in [3.63, 3.8) is 0 Å². The van der Waals surface area contributed by atoms with Crippen LogP contribution in [0, 0.1) is 24.7 Å². The van der Waals surface area contributed by atoms with Gasteiger partial charge in [-0.25, -0.2) is 0 Å². The van der Waals surface area contributed by atoms with Gasteiger partial charge >= 0.3 is 0 Å². The van der Waals surface area contributed by atoms with Gasteiger partial charge in [0.2, 0.25) is 0 Å². The van der Waals surface area contributed by atoms with Gasteiger partial charge in [0.15, 0.2) is 5.78 Å². The first kappa shape index (κ1) is 13.3. The molecule has 0 saturated heterocycles. The van der Waals surface area contributed by atoms with Gasteiger partial charge < -0.3 is 0 Å². The van der Waals surface area contributed by atoms with Gasteiger partial charge in [-0.1, -0.05) is 38.1 Å². The SMILES string of the molecule is Cc1ccccc1C(=O)C1CCC(C(C)C)CC1. The lowest BCUT2D eigenvalue weighted by molar-refractivity contribution is 0.0858. The van der Waals surface area contributed by atoms with Crippen LogP contribution < -0.4 is 0 Å². The second-order valence-corrected chi connectivity index (χ2v) is 6.03. The molecule has 1 aromatic rings. The summed E-state index contributed by atoms with van der Waals surface area (Å²) in [5, 5.41) is 0. The van der Waals surface area contributed by atoms with E-state index in [1.807, 2.05) is 31.2 Å². The van der Waals surface area contributed by atoms with E-state index in [1.165, 1.54) is 12.8 Å². The van der Waals surface area contributed by atoms with Crippen molar-refractivity contribution < 1.29 is 4.79 Å². The number of rotatable bonds is 3. The minimum absolute atomic E-state index is 0.265. The average Bonchev–Trinajstić information content (AvgIpc) is 2.38. The van der Waals surface area contributed by atoms with E-state index < -0.39 is 0 Å². The van der Waals surface area contributed by atoms with Crippen LogP contribution in [-0.2, 0) is 0 Å². The third kappa shape index (κ3) is 2.82. The molecule has 0 aliphatic heterocycles. The fourth-order valence-corrected chi connectivity index (χ4v) is 3.12. The maximum Gasteiger partial charge on any atom is 0.166 e. The number of ketones is 1. The molecule has 18 heavy (non-hydrogen) atoms. The first-order valence-corrected chi connectivity index (χ1v) is 7.19. The van der Waals surface area contributed by atoms with Crippen molar-refractivity contribution in [1.82, 2.24) is 0 Å². The average molecular weight is 244 g/mol. The fraction of sp³-hybridized carbons (Fsp3) is 0.588. The highest BCUT2D eigenvalue weighted by atomic mass is 16.1. The summed E-state index contributed by atoms with van der Waals surface area (Å²) in [6, 6.07) is 7.99. The molecule has 0 radical (unpaired) electrons. The lowest BCUT2D eigenvalue weighted by Crippen LogP contribution is -2.24. The summed E-state index contributed by atoms with van der Waals surface area (Å²) in [4.78, 5) is 12.5. The van der Waals surface area contributed by atoms with Gasteiger partial charge in [-0.2, -0.15) is 0 Å². The van der Waals surface area contributed by atoms with E-state index >= 15 is 0 Å². The number of carbonyl (C=O) groups is 1. The molecule has 0 amide bonds. The topological polar surface area (TPSA) is 17.1 Å². The van der Waals surface area contributed by atoms with Gasteiger partial charge in [0.25, 0.3) is 0 Å². The lowest BCUT2D eigenvalue weighted by Gasteiger charge is -2.30. The molecule has 0 unspecified atom stereocenters. The Bertz CT molecular complexity index is 411. The Hall–Kier alpha value is -1.11. The molecule has 98 valence electrons.